The molecule has 2 heterocycles. The Kier molecular flexibility index (Phi) is 5.97. The van der Waals surface area contributed by atoms with Crippen LogP contribution in [0.1, 0.15) is 113 Å². The Hall–Kier alpha value is -3.10. The standard InChI is InChI=1S/C33H39F2N5O2/c1-39-27(17-26(37-39)22-5-6-22)32-12-9-31(10-13-32,11-14-32)20-40(28(41)15-21-18-33(34,35)19-21)25-4-2-3-24(16-25)30-36-29(38-42-30)23-7-8-23/h2-4,16-17,21-23H,5-15,18-20H2,1H3. The van der Waals surface area contributed by atoms with Gasteiger partial charge in [0.15, 0.2) is 5.82 Å². The maximum atomic E-state index is 13.9. The summed E-state index contributed by atoms with van der Waals surface area (Å²) in [6, 6.07) is 10.1. The minimum Gasteiger partial charge on any atom is -0.334 e. The van der Waals surface area contributed by atoms with Gasteiger partial charge in [0.25, 0.3) is 5.89 Å². The summed E-state index contributed by atoms with van der Waals surface area (Å²) in [5, 5.41) is 9.05. The molecule has 0 aliphatic heterocycles. The summed E-state index contributed by atoms with van der Waals surface area (Å²) < 4.78 is 35.0. The molecule has 1 amide bonds. The van der Waals surface area contributed by atoms with Gasteiger partial charge in [-0.3, -0.25) is 9.48 Å². The summed E-state index contributed by atoms with van der Waals surface area (Å²) >= 11 is 0. The van der Waals surface area contributed by atoms with Crippen LogP contribution < -0.4 is 4.90 Å². The van der Waals surface area contributed by atoms with Gasteiger partial charge in [0.2, 0.25) is 11.8 Å². The van der Waals surface area contributed by atoms with Crippen molar-refractivity contribution in [3.8, 4) is 11.5 Å². The van der Waals surface area contributed by atoms with Gasteiger partial charge in [-0.15, -0.1) is 0 Å². The van der Waals surface area contributed by atoms with Crippen LogP contribution in [0.3, 0.4) is 0 Å². The quantitative estimate of drug-likeness (QED) is 0.268. The van der Waals surface area contributed by atoms with E-state index in [0.29, 0.717) is 24.3 Å². The van der Waals surface area contributed by atoms with Gasteiger partial charge in [-0.05, 0) is 99.8 Å². The Morgan fingerprint density at radius 3 is 2.40 bits per heavy atom. The molecule has 2 bridgehead atoms. The predicted octanol–water partition coefficient (Wildman–Crippen LogP) is 7.29. The molecule has 6 saturated carbocycles. The molecule has 0 N–H and O–H groups in total. The van der Waals surface area contributed by atoms with E-state index in [1.807, 2.05) is 29.2 Å². The van der Waals surface area contributed by atoms with E-state index in [-0.39, 0.29) is 41.9 Å². The van der Waals surface area contributed by atoms with Gasteiger partial charge in [-0.25, -0.2) is 8.78 Å². The average molecular weight is 576 g/mol. The van der Waals surface area contributed by atoms with Gasteiger partial charge in [0, 0.05) is 67.1 Å². The Balaban J connectivity index is 1.04. The summed E-state index contributed by atoms with van der Waals surface area (Å²) in [5.74, 6) is -0.709. The number of alkyl halides is 2. The summed E-state index contributed by atoms with van der Waals surface area (Å²) in [5.41, 5.74) is 4.40. The third-order valence-electron chi connectivity index (χ3n) is 11.1. The number of anilines is 1. The van der Waals surface area contributed by atoms with E-state index >= 15 is 0 Å². The van der Waals surface area contributed by atoms with Crippen molar-refractivity contribution in [2.45, 2.75) is 107 Å². The molecule has 0 atom stereocenters. The zero-order valence-corrected chi connectivity index (χ0v) is 24.3. The van der Waals surface area contributed by atoms with E-state index in [9.17, 15) is 13.6 Å². The third-order valence-corrected chi connectivity index (χ3v) is 11.1. The molecule has 9 rings (SSSR count). The van der Waals surface area contributed by atoms with E-state index in [1.165, 1.54) is 24.2 Å². The molecule has 0 saturated heterocycles. The van der Waals surface area contributed by atoms with Crippen LogP contribution in [0.15, 0.2) is 34.9 Å². The smallest absolute Gasteiger partial charge is 0.258 e. The molecule has 0 spiro atoms. The monoisotopic (exact) mass is 575 g/mol. The molecule has 0 radical (unpaired) electrons. The van der Waals surface area contributed by atoms with Crippen LogP contribution in [0.2, 0.25) is 0 Å². The maximum Gasteiger partial charge on any atom is 0.258 e. The molecule has 9 heteroatoms. The summed E-state index contributed by atoms with van der Waals surface area (Å²) in [6.07, 6.45) is 10.9. The molecule has 7 nitrogen and oxygen atoms in total. The lowest BCUT2D eigenvalue weighted by atomic mass is 9.52. The van der Waals surface area contributed by atoms with Gasteiger partial charge in [0.1, 0.15) is 0 Å². The highest BCUT2D eigenvalue weighted by Gasteiger charge is 2.52. The van der Waals surface area contributed by atoms with Gasteiger partial charge in [-0.2, -0.15) is 10.1 Å². The number of aryl methyl sites for hydroxylation is 1. The number of carbonyl (C=O) groups excluding carboxylic acids is 1. The van der Waals surface area contributed by atoms with Crippen molar-refractivity contribution >= 4 is 11.6 Å². The first kappa shape index (κ1) is 26.5. The molecular formula is C33H39F2N5O2. The number of rotatable bonds is 9. The van der Waals surface area contributed by atoms with Crippen LogP contribution in [-0.2, 0) is 17.3 Å². The molecule has 6 fully saturated rings. The second-order valence-corrected chi connectivity index (χ2v) is 14.2. The van der Waals surface area contributed by atoms with Gasteiger partial charge < -0.3 is 9.42 Å². The van der Waals surface area contributed by atoms with Crippen molar-refractivity contribution in [2.75, 3.05) is 11.4 Å². The fraction of sp³-hybridized carbons (Fsp3) is 0.636. The van der Waals surface area contributed by atoms with Crippen LogP contribution in [-0.4, -0.2) is 38.3 Å². The molecule has 1 aromatic carbocycles. The van der Waals surface area contributed by atoms with Crippen molar-refractivity contribution in [1.82, 2.24) is 19.9 Å². The maximum absolute atomic E-state index is 13.9. The number of halogens is 2. The topological polar surface area (TPSA) is 77.1 Å². The average Bonchev–Trinajstić information content (AvgIpc) is 3.92. The van der Waals surface area contributed by atoms with Gasteiger partial charge >= 0.3 is 0 Å². The molecule has 0 unspecified atom stereocenters. The highest BCUT2D eigenvalue weighted by molar-refractivity contribution is 5.94. The van der Waals surface area contributed by atoms with Crippen LogP contribution in [0, 0.1) is 11.3 Å². The van der Waals surface area contributed by atoms with Crippen LogP contribution >= 0.6 is 0 Å². The third kappa shape index (κ3) is 4.77. The normalized spacial score (nSPS) is 28.5. The number of fused-ring (bicyclic) bond motifs is 3. The van der Waals surface area contributed by atoms with Crippen LogP contribution in [0.5, 0.6) is 0 Å². The molecule has 222 valence electrons. The lowest BCUT2D eigenvalue weighted by molar-refractivity contribution is -0.132. The molecule has 3 aromatic rings. The number of hydrogen-bond donors (Lipinski definition) is 0. The van der Waals surface area contributed by atoms with E-state index in [1.54, 1.807) is 0 Å². The SMILES string of the molecule is Cn1nc(C2CC2)cc1C12CCC(CN(C(=O)CC3CC(F)(F)C3)c3cccc(-c4nc(C5CC5)no4)c3)(CC1)CC2. The number of hydrogen-bond acceptors (Lipinski definition) is 5. The fourth-order valence-electron chi connectivity index (χ4n) is 8.06. The molecular weight excluding hydrogens is 536 g/mol. The largest absolute Gasteiger partial charge is 0.334 e. The minimum atomic E-state index is -2.63. The van der Waals surface area contributed by atoms with Gasteiger partial charge in [-0.1, -0.05) is 11.2 Å². The number of aromatic nitrogens is 4. The summed E-state index contributed by atoms with van der Waals surface area (Å²) in [7, 11) is 2.10. The number of carbonyl (C=O) groups is 1. The number of nitrogens with zero attached hydrogens (tertiary/aromatic N) is 5. The Morgan fingerprint density at radius 2 is 1.74 bits per heavy atom. The zero-order valence-electron chi connectivity index (χ0n) is 24.3. The van der Waals surface area contributed by atoms with E-state index in [0.717, 1.165) is 68.4 Å². The highest BCUT2D eigenvalue weighted by atomic mass is 19.3. The Morgan fingerprint density at radius 1 is 1.02 bits per heavy atom. The minimum absolute atomic E-state index is 0.0263. The molecule has 6 aliphatic rings. The molecule has 6 aliphatic carbocycles. The number of benzene rings is 1. The number of amides is 1. The second kappa shape index (κ2) is 9.45. The van der Waals surface area contributed by atoms with Crippen molar-refractivity contribution in [2.24, 2.45) is 18.4 Å². The first-order valence-corrected chi connectivity index (χ1v) is 15.9. The van der Waals surface area contributed by atoms with Gasteiger partial charge in [0.05, 0.1) is 5.69 Å². The fourth-order valence-corrected chi connectivity index (χ4v) is 8.06. The summed E-state index contributed by atoms with van der Waals surface area (Å²) in [6.45, 7) is 0.615. The van der Waals surface area contributed by atoms with E-state index < -0.39 is 5.92 Å². The lowest BCUT2D eigenvalue weighted by Gasteiger charge is -2.54. The van der Waals surface area contributed by atoms with Crippen molar-refractivity contribution in [1.29, 1.82) is 0 Å². The zero-order chi connectivity index (χ0) is 28.7. The highest BCUT2D eigenvalue weighted by Crippen LogP contribution is 2.59. The summed E-state index contributed by atoms with van der Waals surface area (Å²) in [4.78, 5) is 20.4. The van der Waals surface area contributed by atoms with Crippen LogP contribution in [0.25, 0.3) is 11.5 Å². The Bertz CT molecular complexity index is 1490. The predicted molar refractivity (Wildman–Crippen MR) is 153 cm³/mol. The van der Waals surface area contributed by atoms with Crippen molar-refractivity contribution in [3.05, 3.63) is 47.5 Å². The van der Waals surface area contributed by atoms with E-state index in [4.69, 9.17) is 9.62 Å². The Labute approximate surface area is 245 Å². The van der Waals surface area contributed by atoms with Crippen molar-refractivity contribution < 1.29 is 18.1 Å². The van der Waals surface area contributed by atoms with Crippen LogP contribution in [0.4, 0.5) is 14.5 Å². The van der Waals surface area contributed by atoms with Crippen molar-refractivity contribution in [3.63, 3.8) is 0 Å². The molecule has 2 aromatic heterocycles. The first-order chi connectivity index (χ1) is 20.2. The van der Waals surface area contributed by atoms with E-state index in [2.05, 4.69) is 27.9 Å². The lowest BCUT2D eigenvalue weighted by Crippen LogP contribution is -2.51. The first-order valence-electron chi connectivity index (χ1n) is 15.9. The molecule has 42 heavy (non-hydrogen) atoms. The second-order valence-electron chi connectivity index (χ2n) is 14.2.